The van der Waals surface area contributed by atoms with Crippen molar-refractivity contribution in [1.82, 2.24) is 5.32 Å². The van der Waals surface area contributed by atoms with Gasteiger partial charge in [0.25, 0.3) is 0 Å². The van der Waals surface area contributed by atoms with Crippen LogP contribution in [-0.4, -0.2) is 12.1 Å². The van der Waals surface area contributed by atoms with Crippen molar-refractivity contribution in [2.75, 3.05) is 5.32 Å². The van der Waals surface area contributed by atoms with Crippen LogP contribution in [-0.2, 0) is 0 Å². The van der Waals surface area contributed by atoms with Crippen LogP contribution >= 0.6 is 0 Å². The Labute approximate surface area is 143 Å². The summed E-state index contributed by atoms with van der Waals surface area (Å²) in [7, 11) is 0. The van der Waals surface area contributed by atoms with E-state index >= 15 is 0 Å². The molecule has 2 N–H and O–H groups in total. The molecule has 1 aliphatic carbocycles. The minimum Gasteiger partial charge on any atom is -0.334 e. The van der Waals surface area contributed by atoms with Crippen molar-refractivity contribution in [2.24, 2.45) is 0 Å². The van der Waals surface area contributed by atoms with Gasteiger partial charge in [0.15, 0.2) is 0 Å². The second-order valence-corrected chi connectivity index (χ2v) is 6.21. The lowest BCUT2D eigenvalue weighted by atomic mass is 10.1. The average molecular weight is 338 g/mol. The lowest BCUT2D eigenvalue weighted by Gasteiger charge is -2.10. The summed E-state index contributed by atoms with van der Waals surface area (Å²) in [6.07, 6.45) is 0.529. The summed E-state index contributed by atoms with van der Waals surface area (Å²) in [5.74, 6) is -1.45. The number of carbonyl (C=O) groups is 1. The number of halogens is 2. The maximum atomic E-state index is 13.8. The van der Waals surface area contributed by atoms with Crippen molar-refractivity contribution < 1.29 is 13.6 Å². The Kier molecular flexibility index (Phi) is 3.84. The first-order valence-corrected chi connectivity index (χ1v) is 8.12. The number of hydrogen-bond acceptors (Lipinski definition) is 1. The van der Waals surface area contributed by atoms with E-state index in [1.165, 1.54) is 18.2 Å². The van der Waals surface area contributed by atoms with Crippen molar-refractivity contribution in [1.29, 1.82) is 0 Å². The molecule has 4 rings (SSSR count). The van der Waals surface area contributed by atoms with Crippen molar-refractivity contribution in [3.05, 3.63) is 77.9 Å². The standard InChI is InChI=1S/C20H16F2N2O/c21-15-8-4-9-16(22)19(15)14-11-18(14)24-20(25)23-17-10-3-6-12-5-1-2-7-13(12)17/h1-10,14,18H,11H2,(H2,23,24,25)/t14-,18+/m1/s1. The largest absolute Gasteiger partial charge is 0.334 e. The van der Waals surface area contributed by atoms with E-state index in [4.69, 9.17) is 0 Å². The van der Waals surface area contributed by atoms with E-state index in [1.807, 2.05) is 42.5 Å². The lowest BCUT2D eigenvalue weighted by Crippen LogP contribution is -2.31. The molecule has 1 saturated carbocycles. The summed E-state index contributed by atoms with van der Waals surface area (Å²) in [6.45, 7) is 0. The third kappa shape index (κ3) is 3.05. The highest BCUT2D eigenvalue weighted by atomic mass is 19.1. The highest BCUT2D eigenvalue weighted by Crippen LogP contribution is 2.43. The second-order valence-electron chi connectivity index (χ2n) is 6.21. The molecule has 0 spiro atoms. The van der Waals surface area contributed by atoms with E-state index in [9.17, 15) is 13.6 Å². The Balaban J connectivity index is 1.45. The van der Waals surface area contributed by atoms with Gasteiger partial charge in [-0.1, -0.05) is 42.5 Å². The second kappa shape index (κ2) is 6.16. The molecule has 0 aliphatic heterocycles. The van der Waals surface area contributed by atoms with Crippen molar-refractivity contribution in [3.8, 4) is 0 Å². The fourth-order valence-corrected chi connectivity index (χ4v) is 3.20. The normalized spacial score (nSPS) is 18.8. The smallest absolute Gasteiger partial charge is 0.319 e. The van der Waals surface area contributed by atoms with Gasteiger partial charge in [-0.2, -0.15) is 0 Å². The van der Waals surface area contributed by atoms with Crippen LogP contribution in [0, 0.1) is 11.6 Å². The molecule has 3 aromatic rings. The quantitative estimate of drug-likeness (QED) is 0.708. The van der Waals surface area contributed by atoms with Crippen LogP contribution in [0.15, 0.2) is 60.7 Å². The van der Waals surface area contributed by atoms with Gasteiger partial charge in [-0.15, -0.1) is 0 Å². The molecule has 2 amide bonds. The number of rotatable bonds is 3. The minimum absolute atomic E-state index is 0.0537. The van der Waals surface area contributed by atoms with Crippen LogP contribution in [0.5, 0.6) is 0 Å². The number of hydrogen-bond donors (Lipinski definition) is 2. The van der Waals surface area contributed by atoms with E-state index < -0.39 is 11.6 Å². The van der Waals surface area contributed by atoms with E-state index in [2.05, 4.69) is 10.6 Å². The molecule has 3 aromatic carbocycles. The highest BCUT2D eigenvalue weighted by molar-refractivity contribution is 6.01. The summed E-state index contributed by atoms with van der Waals surface area (Å²) < 4.78 is 27.6. The Bertz CT molecular complexity index is 932. The molecule has 1 fully saturated rings. The Morgan fingerprint density at radius 2 is 1.60 bits per heavy atom. The number of benzene rings is 3. The zero-order chi connectivity index (χ0) is 17.4. The topological polar surface area (TPSA) is 41.1 Å². The lowest BCUT2D eigenvalue weighted by molar-refractivity contribution is 0.251. The third-order valence-corrected chi connectivity index (χ3v) is 4.52. The number of carbonyl (C=O) groups excluding carboxylic acids is 1. The van der Waals surface area contributed by atoms with Crippen molar-refractivity contribution >= 4 is 22.5 Å². The Morgan fingerprint density at radius 1 is 0.920 bits per heavy atom. The molecule has 25 heavy (non-hydrogen) atoms. The fourth-order valence-electron chi connectivity index (χ4n) is 3.20. The first-order valence-electron chi connectivity index (χ1n) is 8.12. The van der Waals surface area contributed by atoms with Gasteiger partial charge in [-0.25, -0.2) is 13.6 Å². The first kappa shape index (κ1) is 15.6. The van der Waals surface area contributed by atoms with Crippen molar-refractivity contribution in [3.63, 3.8) is 0 Å². The van der Waals surface area contributed by atoms with Gasteiger partial charge in [-0.05, 0) is 30.0 Å². The van der Waals surface area contributed by atoms with Crippen molar-refractivity contribution in [2.45, 2.75) is 18.4 Å². The van der Waals surface area contributed by atoms with Gasteiger partial charge in [0.2, 0.25) is 0 Å². The van der Waals surface area contributed by atoms with Gasteiger partial charge < -0.3 is 10.6 Å². The SMILES string of the molecule is O=C(Nc1cccc2ccccc12)N[C@H]1C[C@H]1c1c(F)cccc1F. The first-order chi connectivity index (χ1) is 12.1. The van der Waals surface area contributed by atoms with Crippen LogP contribution in [0.25, 0.3) is 10.8 Å². The molecule has 0 radical (unpaired) electrons. The zero-order valence-electron chi connectivity index (χ0n) is 13.3. The van der Waals surface area contributed by atoms with E-state index in [0.717, 1.165) is 10.8 Å². The number of anilines is 1. The molecule has 0 bridgehead atoms. The molecule has 5 heteroatoms. The third-order valence-electron chi connectivity index (χ3n) is 4.52. The molecule has 126 valence electrons. The monoisotopic (exact) mass is 338 g/mol. The van der Waals surface area contributed by atoms with Crippen LogP contribution in [0.4, 0.5) is 19.3 Å². The fraction of sp³-hybridized carbons (Fsp3) is 0.150. The molecule has 3 nitrogen and oxygen atoms in total. The summed E-state index contributed by atoms with van der Waals surface area (Å²) >= 11 is 0. The van der Waals surface area contributed by atoms with E-state index in [1.54, 1.807) is 0 Å². The summed E-state index contributed by atoms with van der Waals surface area (Å²) in [5.41, 5.74) is 0.753. The zero-order valence-corrected chi connectivity index (χ0v) is 13.3. The molecule has 2 atom stereocenters. The Hall–Kier alpha value is -2.95. The predicted octanol–water partition coefficient (Wildman–Crippen LogP) is 4.80. The highest BCUT2D eigenvalue weighted by Gasteiger charge is 2.42. The van der Waals surface area contributed by atoms with Crippen LogP contribution < -0.4 is 10.6 Å². The maximum Gasteiger partial charge on any atom is 0.319 e. The molecular formula is C20H16F2N2O. The number of nitrogens with one attached hydrogen (secondary N) is 2. The molecule has 1 aliphatic rings. The summed E-state index contributed by atoms with van der Waals surface area (Å²) in [5, 5.41) is 7.57. The number of fused-ring (bicyclic) bond motifs is 1. The van der Waals surface area contributed by atoms with Crippen LogP contribution in [0.3, 0.4) is 0 Å². The van der Waals surface area contributed by atoms with Gasteiger partial charge in [0.1, 0.15) is 11.6 Å². The molecule has 0 aromatic heterocycles. The van der Waals surface area contributed by atoms with Gasteiger partial charge in [-0.3, -0.25) is 0 Å². The predicted molar refractivity (Wildman–Crippen MR) is 93.6 cm³/mol. The van der Waals surface area contributed by atoms with Gasteiger partial charge in [0, 0.05) is 22.9 Å². The Morgan fingerprint density at radius 3 is 2.40 bits per heavy atom. The maximum absolute atomic E-state index is 13.8. The molecule has 0 unspecified atom stereocenters. The summed E-state index contributed by atoms with van der Waals surface area (Å²) in [4.78, 5) is 12.2. The number of urea groups is 1. The van der Waals surface area contributed by atoms with Crippen LogP contribution in [0.2, 0.25) is 0 Å². The van der Waals surface area contributed by atoms with Crippen LogP contribution in [0.1, 0.15) is 17.9 Å². The average Bonchev–Trinajstić information content (AvgIpc) is 3.33. The van der Waals surface area contributed by atoms with Gasteiger partial charge >= 0.3 is 6.03 Å². The molecule has 0 saturated heterocycles. The van der Waals surface area contributed by atoms with Gasteiger partial charge in [0.05, 0.1) is 5.69 Å². The van der Waals surface area contributed by atoms with E-state index in [-0.39, 0.29) is 23.6 Å². The number of amides is 2. The molecule has 0 heterocycles. The minimum atomic E-state index is -0.566. The van der Waals surface area contributed by atoms with E-state index in [0.29, 0.717) is 12.1 Å². The summed E-state index contributed by atoms with van der Waals surface area (Å²) in [6, 6.07) is 16.6. The molecular weight excluding hydrogens is 322 g/mol.